The molecule has 0 aliphatic carbocycles. The van der Waals surface area contributed by atoms with Crippen LogP contribution in [0.4, 0.5) is 0 Å². The highest BCUT2D eigenvalue weighted by atomic mass is 14.9. The first kappa shape index (κ1) is 13.7. The van der Waals surface area contributed by atoms with E-state index >= 15 is 0 Å². The summed E-state index contributed by atoms with van der Waals surface area (Å²) in [6.07, 6.45) is 5.66. The summed E-state index contributed by atoms with van der Waals surface area (Å²) in [6, 6.07) is 13.0. The number of hydrogen-bond acceptors (Lipinski definition) is 3. The lowest BCUT2D eigenvalue weighted by Crippen LogP contribution is -2.21. The normalized spacial score (nSPS) is 11.2. The molecule has 21 heavy (non-hydrogen) atoms. The fourth-order valence-electron chi connectivity index (χ4n) is 2.39. The van der Waals surface area contributed by atoms with Crippen molar-refractivity contribution < 1.29 is 0 Å². The molecule has 0 spiro atoms. The van der Waals surface area contributed by atoms with Crippen LogP contribution in [0.1, 0.15) is 19.4 Å². The average Bonchev–Trinajstić information content (AvgIpc) is 2.52. The highest BCUT2D eigenvalue weighted by Crippen LogP contribution is 2.26. The Bertz CT molecular complexity index is 745. The second-order valence-electron chi connectivity index (χ2n) is 5.50. The molecule has 0 bridgehead atoms. The molecule has 0 unspecified atom stereocenters. The van der Waals surface area contributed by atoms with E-state index in [-0.39, 0.29) is 0 Å². The van der Waals surface area contributed by atoms with Crippen LogP contribution in [-0.4, -0.2) is 16.0 Å². The smallest absolute Gasteiger partial charge is 0.0780 e. The van der Waals surface area contributed by atoms with Crippen LogP contribution in [0.5, 0.6) is 0 Å². The van der Waals surface area contributed by atoms with Gasteiger partial charge in [0.25, 0.3) is 0 Å². The predicted octanol–water partition coefficient (Wildman–Crippen LogP) is 3.79. The molecule has 3 aromatic rings. The molecule has 0 saturated carbocycles. The summed E-state index contributed by atoms with van der Waals surface area (Å²) in [7, 11) is 0. The molecule has 0 aliphatic rings. The molecule has 0 fully saturated rings. The van der Waals surface area contributed by atoms with Crippen molar-refractivity contribution in [2.45, 2.75) is 26.4 Å². The van der Waals surface area contributed by atoms with E-state index in [4.69, 9.17) is 0 Å². The molecule has 3 rings (SSSR count). The van der Waals surface area contributed by atoms with E-state index in [0.29, 0.717) is 6.04 Å². The third-order valence-electron chi connectivity index (χ3n) is 3.45. The van der Waals surface area contributed by atoms with Gasteiger partial charge in [-0.25, -0.2) is 0 Å². The minimum atomic E-state index is 0.466. The Labute approximate surface area is 125 Å². The number of para-hydroxylation sites is 1. The van der Waals surface area contributed by atoms with Crippen LogP contribution >= 0.6 is 0 Å². The Morgan fingerprint density at radius 2 is 1.95 bits per heavy atom. The first-order valence-corrected chi connectivity index (χ1v) is 7.25. The second kappa shape index (κ2) is 6.02. The third-order valence-corrected chi connectivity index (χ3v) is 3.45. The molecular formula is C18H19N3. The van der Waals surface area contributed by atoms with Crippen LogP contribution in [0.3, 0.4) is 0 Å². The summed E-state index contributed by atoms with van der Waals surface area (Å²) in [5, 5.41) is 4.58. The predicted molar refractivity (Wildman–Crippen MR) is 86.9 cm³/mol. The Morgan fingerprint density at radius 3 is 2.81 bits per heavy atom. The Hall–Kier alpha value is -2.26. The summed E-state index contributed by atoms with van der Waals surface area (Å²) < 4.78 is 0. The van der Waals surface area contributed by atoms with Gasteiger partial charge in [0.1, 0.15) is 0 Å². The van der Waals surface area contributed by atoms with Crippen LogP contribution in [0.15, 0.2) is 55.0 Å². The van der Waals surface area contributed by atoms with Gasteiger partial charge >= 0.3 is 0 Å². The molecule has 0 aliphatic heterocycles. The molecule has 0 atom stereocenters. The van der Waals surface area contributed by atoms with Gasteiger partial charge in [0, 0.05) is 47.7 Å². The number of hydrogen-bond donors (Lipinski definition) is 1. The number of nitrogens with zero attached hydrogens (tertiary/aromatic N) is 2. The van der Waals surface area contributed by atoms with E-state index in [1.54, 1.807) is 0 Å². The van der Waals surface area contributed by atoms with Gasteiger partial charge in [-0.05, 0) is 17.7 Å². The fraction of sp³-hybridized carbons (Fsp3) is 0.222. The first-order chi connectivity index (χ1) is 10.2. The molecule has 3 heteroatoms. The minimum Gasteiger partial charge on any atom is -0.310 e. The number of nitrogens with one attached hydrogen (secondary N) is 1. The SMILES string of the molecule is CC(C)NCc1cncc(-c2cccc3cccnc23)c1. The molecule has 0 saturated heterocycles. The molecule has 2 heterocycles. The minimum absolute atomic E-state index is 0.466. The van der Waals surface area contributed by atoms with E-state index in [1.807, 2.05) is 24.7 Å². The number of rotatable bonds is 4. The van der Waals surface area contributed by atoms with Crippen molar-refractivity contribution in [1.82, 2.24) is 15.3 Å². The summed E-state index contributed by atoms with van der Waals surface area (Å²) >= 11 is 0. The zero-order chi connectivity index (χ0) is 14.7. The van der Waals surface area contributed by atoms with E-state index < -0.39 is 0 Å². The molecule has 106 valence electrons. The van der Waals surface area contributed by atoms with Gasteiger partial charge in [-0.3, -0.25) is 9.97 Å². The zero-order valence-electron chi connectivity index (χ0n) is 12.4. The van der Waals surface area contributed by atoms with Gasteiger partial charge < -0.3 is 5.32 Å². The van der Waals surface area contributed by atoms with Crippen molar-refractivity contribution in [1.29, 1.82) is 0 Å². The molecule has 0 amide bonds. The van der Waals surface area contributed by atoms with Crippen molar-refractivity contribution in [3.63, 3.8) is 0 Å². The van der Waals surface area contributed by atoms with E-state index in [9.17, 15) is 0 Å². The van der Waals surface area contributed by atoms with Gasteiger partial charge in [0.05, 0.1) is 5.52 Å². The largest absolute Gasteiger partial charge is 0.310 e. The molecule has 3 nitrogen and oxygen atoms in total. The Kier molecular flexibility index (Phi) is 3.93. The van der Waals surface area contributed by atoms with Crippen molar-refractivity contribution in [3.8, 4) is 11.1 Å². The van der Waals surface area contributed by atoms with Crippen LogP contribution in [0.2, 0.25) is 0 Å². The lowest BCUT2D eigenvalue weighted by Gasteiger charge is -2.10. The maximum atomic E-state index is 4.52. The van der Waals surface area contributed by atoms with Crippen LogP contribution in [-0.2, 0) is 6.54 Å². The van der Waals surface area contributed by atoms with E-state index in [2.05, 4.69) is 59.5 Å². The number of fused-ring (bicyclic) bond motifs is 1. The number of pyridine rings is 2. The average molecular weight is 277 g/mol. The highest BCUT2D eigenvalue weighted by molar-refractivity contribution is 5.93. The summed E-state index contributed by atoms with van der Waals surface area (Å²) in [5.41, 5.74) is 4.46. The van der Waals surface area contributed by atoms with Gasteiger partial charge in [-0.2, -0.15) is 0 Å². The van der Waals surface area contributed by atoms with Crippen LogP contribution in [0.25, 0.3) is 22.0 Å². The van der Waals surface area contributed by atoms with Gasteiger partial charge in [0.15, 0.2) is 0 Å². The first-order valence-electron chi connectivity index (χ1n) is 7.25. The number of benzene rings is 1. The highest BCUT2D eigenvalue weighted by Gasteiger charge is 2.06. The van der Waals surface area contributed by atoms with E-state index in [1.165, 1.54) is 5.56 Å². The second-order valence-corrected chi connectivity index (χ2v) is 5.50. The quantitative estimate of drug-likeness (QED) is 0.788. The zero-order valence-corrected chi connectivity index (χ0v) is 12.4. The summed E-state index contributed by atoms with van der Waals surface area (Å²) in [6.45, 7) is 5.12. The van der Waals surface area contributed by atoms with Crippen LogP contribution in [0, 0.1) is 0 Å². The lowest BCUT2D eigenvalue weighted by molar-refractivity contribution is 0.588. The molecule has 1 aromatic carbocycles. The number of aromatic nitrogens is 2. The summed E-state index contributed by atoms with van der Waals surface area (Å²) in [5.74, 6) is 0. The topological polar surface area (TPSA) is 37.8 Å². The third kappa shape index (κ3) is 3.09. The molecule has 1 N–H and O–H groups in total. The maximum absolute atomic E-state index is 4.52. The van der Waals surface area contributed by atoms with Crippen molar-refractivity contribution in [2.24, 2.45) is 0 Å². The van der Waals surface area contributed by atoms with Crippen molar-refractivity contribution in [3.05, 3.63) is 60.6 Å². The Balaban J connectivity index is 2.01. The fourth-order valence-corrected chi connectivity index (χ4v) is 2.39. The van der Waals surface area contributed by atoms with Crippen molar-refractivity contribution >= 4 is 10.9 Å². The van der Waals surface area contributed by atoms with Gasteiger partial charge in [0.2, 0.25) is 0 Å². The Morgan fingerprint density at radius 1 is 1.10 bits per heavy atom. The molecule has 0 radical (unpaired) electrons. The molecule has 2 aromatic heterocycles. The molecular weight excluding hydrogens is 258 g/mol. The van der Waals surface area contributed by atoms with Crippen molar-refractivity contribution in [2.75, 3.05) is 0 Å². The van der Waals surface area contributed by atoms with E-state index in [0.717, 1.165) is 28.6 Å². The monoisotopic (exact) mass is 277 g/mol. The standard InChI is InChI=1S/C18H19N3/c1-13(2)21-11-14-9-16(12-19-10-14)17-7-3-5-15-6-4-8-20-18(15)17/h3-10,12-13,21H,11H2,1-2H3. The van der Waals surface area contributed by atoms with Gasteiger partial charge in [-0.1, -0.05) is 38.1 Å². The maximum Gasteiger partial charge on any atom is 0.0780 e. The lowest BCUT2D eigenvalue weighted by atomic mass is 10.0. The van der Waals surface area contributed by atoms with Gasteiger partial charge in [-0.15, -0.1) is 0 Å². The van der Waals surface area contributed by atoms with Crippen LogP contribution < -0.4 is 5.32 Å². The summed E-state index contributed by atoms with van der Waals surface area (Å²) in [4.78, 5) is 8.90.